The topological polar surface area (TPSA) is 69.8 Å². The number of nitrogens with zero attached hydrogens (tertiary/aromatic N) is 2. The van der Waals surface area contributed by atoms with Crippen LogP contribution in [-0.4, -0.2) is 59.1 Å². The highest BCUT2D eigenvalue weighted by atomic mass is 19.1. The largest absolute Gasteiger partial charge is 0.392 e. The highest BCUT2D eigenvalue weighted by Crippen LogP contribution is 2.24. The van der Waals surface area contributed by atoms with Gasteiger partial charge in [0.25, 0.3) is 0 Å². The molecule has 1 amide bonds. The molecule has 0 aliphatic carbocycles. The number of hydrogen-bond acceptors (Lipinski definition) is 4. The van der Waals surface area contributed by atoms with Crippen LogP contribution >= 0.6 is 0 Å². The third-order valence-electron chi connectivity index (χ3n) is 4.12. The molecule has 0 bridgehead atoms. The molecule has 1 saturated heterocycles. The summed E-state index contributed by atoms with van der Waals surface area (Å²) >= 11 is 0. The molecule has 1 aromatic rings. The Hall–Kier alpha value is -1.50. The van der Waals surface area contributed by atoms with Gasteiger partial charge in [0.2, 0.25) is 5.91 Å². The van der Waals surface area contributed by atoms with Crippen LogP contribution < -0.4 is 5.73 Å². The van der Waals surface area contributed by atoms with Crippen LogP contribution in [0.3, 0.4) is 0 Å². The predicted molar refractivity (Wildman–Crippen MR) is 82.6 cm³/mol. The second kappa shape index (κ2) is 7.17. The van der Waals surface area contributed by atoms with E-state index in [2.05, 4.69) is 11.8 Å². The van der Waals surface area contributed by atoms with Gasteiger partial charge in [-0.15, -0.1) is 0 Å². The van der Waals surface area contributed by atoms with E-state index in [0.717, 1.165) is 6.54 Å². The summed E-state index contributed by atoms with van der Waals surface area (Å²) in [6.07, 6.45) is -0.377. The van der Waals surface area contributed by atoms with Gasteiger partial charge < -0.3 is 10.8 Å². The van der Waals surface area contributed by atoms with Gasteiger partial charge >= 0.3 is 0 Å². The van der Waals surface area contributed by atoms with Crippen molar-refractivity contribution in [1.29, 1.82) is 0 Å². The van der Waals surface area contributed by atoms with Gasteiger partial charge in [0.05, 0.1) is 6.10 Å². The minimum Gasteiger partial charge on any atom is -0.392 e. The first kappa shape index (κ1) is 16.9. The molecule has 0 aromatic heterocycles. The lowest BCUT2D eigenvalue weighted by Gasteiger charge is -2.42. The zero-order valence-electron chi connectivity index (χ0n) is 13.1. The standard InChI is InChI=1S/C16H24FN3O2/c1-11-9-20(8-7-19(11)10-12(2)21)15(16(18)22)13-3-5-14(17)6-4-13/h3-6,11-12,15,21H,7-10H2,1-2H3,(H2,18,22)/t11-,12+,15+/m1/s1. The van der Waals surface area contributed by atoms with Crippen LogP contribution in [0.5, 0.6) is 0 Å². The Kier molecular flexibility index (Phi) is 5.50. The number of amides is 1. The third-order valence-corrected chi connectivity index (χ3v) is 4.12. The zero-order valence-corrected chi connectivity index (χ0v) is 13.1. The average Bonchev–Trinajstić information content (AvgIpc) is 2.43. The number of rotatable bonds is 5. The highest BCUT2D eigenvalue weighted by molar-refractivity contribution is 5.81. The van der Waals surface area contributed by atoms with E-state index >= 15 is 0 Å². The van der Waals surface area contributed by atoms with Crippen LogP contribution in [0.25, 0.3) is 0 Å². The summed E-state index contributed by atoms with van der Waals surface area (Å²) < 4.78 is 13.1. The van der Waals surface area contributed by atoms with E-state index in [-0.39, 0.29) is 18.0 Å². The zero-order chi connectivity index (χ0) is 16.3. The summed E-state index contributed by atoms with van der Waals surface area (Å²) in [5.41, 5.74) is 6.28. The molecule has 6 heteroatoms. The van der Waals surface area contributed by atoms with Gasteiger partial charge in [-0.1, -0.05) is 12.1 Å². The van der Waals surface area contributed by atoms with E-state index in [1.54, 1.807) is 19.1 Å². The van der Waals surface area contributed by atoms with Gasteiger partial charge in [-0.25, -0.2) is 4.39 Å². The monoisotopic (exact) mass is 309 g/mol. The summed E-state index contributed by atoms with van der Waals surface area (Å²) in [6.45, 7) is 6.57. The minimum atomic E-state index is -0.545. The molecule has 5 nitrogen and oxygen atoms in total. The Morgan fingerprint density at radius 3 is 2.55 bits per heavy atom. The first-order valence-corrected chi connectivity index (χ1v) is 7.59. The van der Waals surface area contributed by atoms with Crippen molar-refractivity contribution in [2.24, 2.45) is 5.73 Å². The number of piperazine rings is 1. The Morgan fingerprint density at radius 2 is 2.05 bits per heavy atom. The van der Waals surface area contributed by atoms with Crippen LogP contribution in [0, 0.1) is 5.82 Å². The number of primary amides is 1. The normalized spacial score (nSPS) is 23.2. The molecule has 1 fully saturated rings. The number of halogens is 1. The van der Waals surface area contributed by atoms with E-state index in [1.807, 2.05) is 4.90 Å². The van der Waals surface area contributed by atoms with E-state index in [1.165, 1.54) is 12.1 Å². The van der Waals surface area contributed by atoms with Crippen LogP contribution in [0.4, 0.5) is 4.39 Å². The van der Waals surface area contributed by atoms with E-state index in [9.17, 15) is 14.3 Å². The molecule has 0 unspecified atom stereocenters. The fourth-order valence-electron chi connectivity index (χ4n) is 3.07. The number of benzene rings is 1. The van der Waals surface area contributed by atoms with Gasteiger partial charge in [0.15, 0.2) is 0 Å². The predicted octanol–water partition coefficient (Wildman–Crippen LogP) is 0.739. The molecule has 1 aliphatic rings. The molecule has 122 valence electrons. The number of nitrogens with two attached hydrogens (primary N) is 1. The molecule has 1 heterocycles. The quantitative estimate of drug-likeness (QED) is 0.842. The molecule has 0 saturated carbocycles. The smallest absolute Gasteiger partial charge is 0.239 e. The van der Waals surface area contributed by atoms with Gasteiger partial charge in [0.1, 0.15) is 11.9 Å². The van der Waals surface area contributed by atoms with Crippen molar-refractivity contribution < 1.29 is 14.3 Å². The van der Waals surface area contributed by atoms with E-state index in [4.69, 9.17) is 5.73 Å². The van der Waals surface area contributed by atoms with Crippen molar-refractivity contribution in [1.82, 2.24) is 9.80 Å². The summed E-state index contributed by atoms with van der Waals surface area (Å²) in [7, 11) is 0. The maximum absolute atomic E-state index is 13.1. The molecule has 1 aliphatic heterocycles. The van der Waals surface area contributed by atoms with Crippen molar-refractivity contribution >= 4 is 5.91 Å². The molecule has 0 spiro atoms. The third kappa shape index (κ3) is 4.03. The number of hydrogen-bond donors (Lipinski definition) is 2. The Labute approximate surface area is 130 Å². The summed E-state index contributed by atoms with van der Waals surface area (Å²) in [5, 5.41) is 9.52. The lowest BCUT2D eigenvalue weighted by atomic mass is 10.0. The SMILES string of the molecule is C[C@H](O)CN1CCN([C@H](C(N)=O)c2ccc(F)cc2)C[C@H]1C. The van der Waals surface area contributed by atoms with Crippen molar-refractivity contribution in [3.05, 3.63) is 35.6 Å². The highest BCUT2D eigenvalue weighted by Gasteiger charge is 2.32. The molecular formula is C16H24FN3O2. The number of β-amino-alcohol motifs (C(OH)–C–C–N with tert-alkyl or cyclic N) is 1. The number of aliphatic hydroxyl groups is 1. The molecule has 1 aromatic carbocycles. The molecule has 2 rings (SSSR count). The second-order valence-corrected chi connectivity index (χ2v) is 6.04. The van der Waals surface area contributed by atoms with Gasteiger partial charge in [0, 0.05) is 32.2 Å². The van der Waals surface area contributed by atoms with Crippen LogP contribution in [-0.2, 0) is 4.79 Å². The lowest BCUT2D eigenvalue weighted by Crippen LogP contribution is -2.55. The van der Waals surface area contributed by atoms with Crippen molar-refractivity contribution in [3.63, 3.8) is 0 Å². The van der Waals surface area contributed by atoms with Crippen LogP contribution in [0.1, 0.15) is 25.5 Å². The summed E-state index contributed by atoms with van der Waals surface area (Å²) in [6, 6.07) is 5.58. The lowest BCUT2D eigenvalue weighted by molar-refractivity contribution is -0.124. The molecular weight excluding hydrogens is 285 g/mol. The van der Waals surface area contributed by atoms with Crippen molar-refractivity contribution in [2.45, 2.75) is 32.0 Å². The number of carbonyl (C=O) groups excluding carboxylic acids is 1. The number of aliphatic hydroxyl groups excluding tert-OH is 1. The molecule has 22 heavy (non-hydrogen) atoms. The van der Waals surface area contributed by atoms with Gasteiger partial charge in [-0.05, 0) is 31.5 Å². The maximum Gasteiger partial charge on any atom is 0.239 e. The second-order valence-electron chi connectivity index (χ2n) is 6.04. The van der Waals surface area contributed by atoms with E-state index < -0.39 is 11.9 Å². The Morgan fingerprint density at radius 1 is 1.41 bits per heavy atom. The fraction of sp³-hybridized carbons (Fsp3) is 0.562. The van der Waals surface area contributed by atoms with Crippen molar-refractivity contribution in [3.8, 4) is 0 Å². The molecule has 0 radical (unpaired) electrons. The summed E-state index contributed by atoms with van der Waals surface area (Å²) in [4.78, 5) is 16.1. The average molecular weight is 309 g/mol. The first-order valence-electron chi connectivity index (χ1n) is 7.59. The summed E-state index contributed by atoms with van der Waals surface area (Å²) in [5.74, 6) is -0.759. The number of carbonyl (C=O) groups is 1. The maximum atomic E-state index is 13.1. The minimum absolute atomic E-state index is 0.214. The first-order chi connectivity index (χ1) is 10.4. The van der Waals surface area contributed by atoms with Crippen LogP contribution in [0.2, 0.25) is 0 Å². The fourth-order valence-corrected chi connectivity index (χ4v) is 3.07. The molecule has 3 N–H and O–H groups in total. The van der Waals surface area contributed by atoms with Gasteiger partial charge in [-0.3, -0.25) is 14.6 Å². The molecule has 3 atom stereocenters. The Bertz CT molecular complexity index is 507. The van der Waals surface area contributed by atoms with E-state index in [0.29, 0.717) is 25.2 Å². The van der Waals surface area contributed by atoms with Crippen LogP contribution in [0.15, 0.2) is 24.3 Å². The van der Waals surface area contributed by atoms with Gasteiger partial charge in [-0.2, -0.15) is 0 Å². The Balaban J connectivity index is 2.11. The van der Waals surface area contributed by atoms with Crippen molar-refractivity contribution in [2.75, 3.05) is 26.2 Å².